The highest BCUT2D eigenvalue weighted by molar-refractivity contribution is 5.85. The van der Waals surface area contributed by atoms with Gasteiger partial charge in [-0.25, -0.2) is 0 Å². The van der Waals surface area contributed by atoms with Gasteiger partial charge < -0.3 is 16.0 Å². The molecular formula is C11H23N3O2. The molecule has 0 aromatic rings. The van der Waals surface area contributed by atoms with Gasteiger partial charge in [0.2, 0.25) is 11.8 Å². The molecule has 0 saturated heterocycles. The van der Waals surface area contributed by atoms with Crippen molar-refractivity contribution in [2.75, 3.05) is 26.2 Å². The van der Waals surface area contributed by atoms with Gasteiger partial charge in [0.05, 0.1) is 6.54 Å². The van der Waals surface area contributed by atoms with Crippen LogP contribution in [0.2, 0.25) is 0 Å². The molecule has 0 aliphatic rings. The van der Waals surface area contributed by atoms with Crippen molar-refractivity contribution >= 4 is 11.8 Å². The van der Waals surface area contributed by atoms with Crippen molar-refractivity contribution in [3.8, 4) is 0 Å². The van der Waals surface area contributed by atoms with Crippen LogP contribution in [0.5, 0.6) is 0 Å². The zero-order chi connectivity index (χ0) is 12.6. The Morgan fingerprint density at radius 2 is 1.88 bits per heavy atom. The van der Waals surface area contributed by atoms with Gasteiger partial charge in [0.1, 0.15) is 0 Å². The van der Waals surface area contributed by atoms with Crippen molar-refractivity contribution in [3.63, 3.8) is 0 Å². The third-order valence-electron chi connectivity index (χ3n) is 2.58. The van der Waals surface area contributed by atoms with Crippen LogP contribution in [0.4, 0.5) is 0 Å². The molecule has 0 aromatic heterocycles. The average molecular weight is 229 g/mol. The fourth-order valence-corrected chi connectivity index (χ4v) is 1.41. The molecule has 5 heteroatoms. The number of hydrogen-bond donors (Lipinski definition) is 2. The van der Waals surface area contributed by atoms with Gasteiger partial charge in [-0.05, 0) is 26.8 Å². The summed E-state index contributed by atoms with van der Waals surface area (Å²) in [5.74, 6) is -0.279. The third kappa shape index (κ3) is 5.11. The molecular weight excluding hydrogens is 206 g/mol. The molecule has 0 aromatic carbocycles. The highest BCUT2D eigenvalue weighted by Gasteiger charge is 2.14. The van der Waals surface area contributed by atoms with E-state index in [1.54, 1.807) is 4.90 Å². The summed E-state index contributed by atoms with van der Waals surface area (Å²) < 4.78 is 0. The molecule has 3 N–H and O–H groups in total. The molecule has 0 radical (unpaired) electrons. The maximum absolute atomic E-state index is 11.6. The minimum atomic E-state index is -0.130. The van der Waals surface area contributed by atoms with Gasteiger partial charge in [0, 0.05) is 19.0 Å². The highest BCUT2D eigenvalue weighted by Crippen LogP contribution is 1.99. The van der Waals surface area contributed by atoms with Crippen molar-refractivity contribution in [3.05, 3.63) is 0 Å². The summed E-state index contributed by atoms with van der Waals surface area (Å²) in [5, 5.41) is 2.63. The van der Waals surface area contributed by atoms with Crippen molar-refractivity contribution in [2.24, 2.45) is 11.7 Å². The number of likely N-dealkylation sites (N-methyl/N-ethyl adjacent to an activating group) is 1. The Balaban J connectivity index is 3.95. The molecule has 0 aliphatic carbocycles. The van der Waals surface area contributed by atoms with Crippen LogP contribution >= 0.6 is 0 Å². The van der Waals surface area contributed by atoms with Crippen LogP contribution in [0.15, 0.2) is 0 Å². The number of amides is 2. The van der Waals surface area contributed by atoms with Crippen LogP contribution in [0.1, 0.15) is 27.2 Å². The van der Waals surface area contributed by atoms with E-state index in [0.717, 1.165) is 0 Å². The Labute approximate surface area is 97.4 Å². The summed E-state index contributed by atoms with van der Waals surface area (Å²) in [4.78, 5) is 24.8. The van der Waals surface area contributed by atoms with E-state index in [0.29, 0.717) is 26.1 Å². The van der Waals surface area contributed by atoms with Crippen molar-refractivity contribution in [1.29, 1.82) is 0 Å². The largest absolute Gasteiger partial charge is 0.347 e. The Kier molecular flexibility index (Phi) is 7.54. The van der Waals surface area contributed by atoms with Crippen LogP contribution in [0.3, 0.4) is 0 Å². The predicted molar refractivity (Wildman–Crippen MR) is 63.8 cm³/mol. The molecule has 2 amide bonds. The van der Waals surface area contributed by atoms with E-state index >= 15 is 0 Å². The predicted octanol–water partition coefficient (Wildman–Crippen LogP) is -0.0441. The Morgan fingerprint density at radius 1 is 1.31 bits per heavy atom. The van der Waals surface area contributed by atoms with E-state index in [1.807, 2.05) is 20.8 Å². The number of hydrogen-bond acceptors (Lipinski definition) is 3. The van der Waals surface area contributed by atoms with Crippen LogP contribution in [0.25, 0.3) is 0 Å². The van der Waals surface area contributed by atoms with Gasteiger partial charge >= 0.3 is 0 Å². The summed E-state index contributed by atoms with van der Waals surface area (Å²) in [7, 11) is 0. The van der Waals surface area contributed by atoms with Crippen molar-refractivity contribution in [1.82, 2.24) is 10.2 Å². The lowest BCUT2D eigenvalue weighted by atomic mass is 10.1. The van der Waals surface area contributed by atoms with E-state index < -0.39 is 0 Å². The van der Waals surface area contributed by atoms with E-state index in [-0.39, 0.29) is 24.3 Å². The van der Waals surface area contributed by atoms with E-state index in [2.05, 4.69) is 5.32 Å². The first kappa shape index (κ1) is 14.9. The first-order valence-electron chi connectivity index (χ1n) is 5.82. The summed E-state index contributed by atoms with van der Waals surface area (Å²) in [5.41, 5.74) is 5.36. The van der Waals surface area contributed by atoms with Gasteiger partial charge in [-0.2, -0.15) is 0 Å². The minimum absolute atomic E-state index is 0.0432. The quantitative estimate of drug-likeness (QED) is 0.643. The van der Waals surface area contributed by atoms with Gasteiger partial charge in [-0.3, -0.25) is 9.59 Å². The maximum atomic E-state index is 11.6. The van der Waals surface area contributed by atoms with Gasteiger partial charge in [0.15, 0.2) is 0 Å². The van der Waals surface area contributed by atoms with Crippen molar-refractivity contribution in [2.45, 2.75) is 27.2 Å². The number of rotatable bonds is 7. The fraction of sp³-hybridized carbons (Fsp3) is 0.818. The molecule has 0 spiro atoms. The Hall–Kier alpha value is -1.10. The lowest BCUT2D eigenvalue weighted by Gasteiger charge is -2.19. The van der Waals surface area contributed by atoms with Gasteiger partial charge in [-0.15, -0.1) is 0 Å². The SMILES string of the molecule is CCN(CC)C(=O)CNC(=O)C(C)CCN. The molecule has 0 heterocycles. The first-order chi connectivity index (χ1) is 7.56. The Bertz CT molecular complexity index is 227. The molecule has 0 rings (SSSR count). The molecule has 94 valence electrons. The zero-order valence-corrected chi connectivity index (χ0v) is 10.5. The molecule has 0 saturated carbocycles. The molecule has 5 nitrogen and oxygen atoms in total. The summed E-state index contributed by atoms with van der Waals surface area (Å²) in [6.07, 6.45) is 0.644. The molecule has 0 aliphatic heterocycles. The number of nitrogens with two attached hydrogens (primary N) is 1. The lowest BCUT2D eigenvalue weighted by molar-refractivity contribution is -0.133. The van der Waals surface area contributed by atoms with Crippen molar-refractivity contribution < 1.29 is 9.59 Å². The molecule has 0 bridgehead atoms. The average Bonchev–Trinajstić information content (AvgIpc) is 2.27. The monoisotopic (exact) mass is 229 g/mol. The van der Waals surface area contributed by atoms with Crippen LogP contribution < -0.4 is 11.1 Å². The molecule has 1 atom stereocenters. The third-order valence-corrected chi connectivity index (χ3v) is 2.58. The van der Waals surface area contributed by atoms with E-state index in [4.69, 9.17) is 5.73 Å². The highest BCUT2D eigenvalue weighted by atomic mass is 16.2. The van der Waals surface area contributed by atoms with E-state index in [1.165, 1.54) is 0 Å². The van der Waals surface area contributed by atoms with E-state index in [9.17, 15) is 9.59 Å². The second-order valence-electron chi connectivity index (χ2n) is 3.76. The number of nitrogens with one attached hydrogen (secondary N) is 1. The second-order valence-corrected chi connectivity index (χ2v) is 3.76. The number of carbonyl (C=O) groups excluding carboxylic acids is 2. The zero-order valence-electron chi connectivity index (χ0n) is 10.5. The maximum Gasteiger partial charge on any atom is 0.241 e. The molecule has 0 fully saturated rings. The van der Waals surface area contributed by atoms with Crippen LogP contribution in [-0.4, -0.2) is 42.9 Å². The minimum Gasteiger partial charge on any atom is -0.347 e. The molecule has 16 heavy (non-hydrogen) atoms. The summed E-state index contributed by atoms with van der Waals surface area (Å²) in [6.45, 7) is 7.55. The smallest absolute Gasteiger partial charge is 0.241 e. The van der Waals surface area contributed by atoms with Crippen LogP contribution in [0, 0.1) is 5.92 Å². The standard InChI is InChI=1S/C11H23N3O2/c1-4-14(5-2)10(15)8-13-11(16)9(3)6-7-12/h9H,4-8,12H2,1-3H3,(H,13,16). The van der Waals surface area contributed by atoms with Gasteiger partial charge in [-0.1, -0.05) is 6.92 Å². The summed E-state index contributed by atoms with van der Waals surface area (Å²) in [6, 6.07) is 0. The summed E-state index contributed by atoms with van der Waals surface area (Å²) >= 11 is 0. The Morgan fingerprint density at radius 3 is 2.31 bits per heavy atom. The second kappa shape index (κ2) is 8.10. The number of carbonyl (C=O) groups is 2. The lowest BCUT2D eigenvalue weighted by Crippen LogP contribution is -2.41. The molecule has 1 unspecified atom stereocenters. The topological polar surface area (TPSA) is 75.4 Å². The fourth-order valence-electron chi connectivity index (χ4n) is 1.41. The normalized spacial score (nSPS) is 12.0. The first-order valence-corrected chi connectivity index (χ1v) is 5.82. The van der Waals surface area contributed by atoms with Gasteiger partial charge in [0.25, 0.3) is 0 Å². The van der Waals surface area contributed by atoms with Crippen LogP contribution in [-0.2, 0) is 9.59 Å². The number of nitrogens with zero attached hydrogens (tertiary/aromatic N) is 1.